The van der Waals surface area contributed by atoms with Crippen molar-refractivity contribution >= 4 is 11.6 Å². The molecule has 1 saturated carbocycles. The summed E-state index contributed by atoms with van der Waals surface area (Å²) in [6, 6.07) is 0.512. The Balaban J connectivity index is 2.19. The van der Waals surface area contributed by atoms with E-state index in [9.17, 15) is 0 Å². The maximum Gasteiger partial charge on any atom is 0.134 e. The molecule has 94 valence electrons. The molecular formula is C13H22N4. The molecule has 0 saturated heterocycles. The zero-order valence-electron chi connectivity index (χ0n) is 11.2. The molecule has 0 radical (unpaired) electrons. The van der Waals surface area contributed by atoms with E-state index in [2.05, 4.69) is 41.4 Å². The second kappa shape index (κ2) is 4.90. The molecule has 0 bridgehead atoms. The lowest BCUT2D eigenvalue weighted by Crippen LogP contribution is -2.20. The second-order valence-electron chi connectivity index (χ2n) is 4.89. The maximum atomic E-state index is 4.50. The summed E-state index contributed by atoms with van der Waals surface area (Å²) < 4.78 is 0. The Morgan fingerprint density at radius 2 is 1.88 bits per heavy atom. The summed E-state index contributed by atoms with van der Waals surface area (Å²) in [6.07, 6.45) is 2.69. The van der Waals surface area contributed by atoms with E-state index >= 15 is 0 Å². The van der Waals surface area contributed by atoms with Crippen LogP contribution in [0.5, 0.6) is 0 Å². The average Bonchev–Trinajstić information content (AvgIpc) is 3.08. The van der Waals surface area contributed by atoms with E-state index in [0.29, 0.717) is 6.04 Å². The average molecular weight is 234 g/mol. The van der Waals surface area contributed by atoms with Crippen LogP contribution in [0, 0.1) is 19.8 Å². The van der Waals surface area contributed by atoms with Crippen LogP contribution in [0.4, 0.5) is 11.6 Å². The first-order valence-corrected chi connectivity index (χ1v) is 6.47. The molecule has 1 aliphatic carbocycles. The van der Waals surface area contributed by atoms with E-state index in [1.54, 1.807) is 0 Å². The number of nitrogens with zero attached hydrogens (tertiary/aromatic N) is 2. The Bertz CT molecular complexity index is 399. The van der Waals surface area contributed by atoms with E-state index in [4.69, 9.17) is 0 Å². The van der Waals surface area contributed by atoms with Gasteiger partial charge in [-0.15, -0.1) is 0 Å². The molecule has 0 aliphatic heterocycles. The number of rotatable bonds is 5. The van der Waals surface area contributed by atoms with Gasteiger partial charge in [-0.3, -0.25) is 0 Å². The summed E-state index contributed by atoms with van der Waals surface area (Å²) in [7, 11) is 0. The molecule has 17 heavy (non-hydrogen) atoms. The van der Waals surface area contributed by atoms with Crippen molar-refractivity contribution < 1.29 is 0 Å². The van der Waals surface area contributed by atoms with Crippen LogP contribution in [-0.4, -0.2) is 22.6 Å². The lowest BCUT2D eigenvalue weighted by atomic mass is 10.2. The second-order valence-corrected chi connectivity index (χ2v) is 4.89. The monoisotopic (exact) mass is 234 g/mol. The Hall–Kier alpha value is -1.32. The number of anilines is 2. The van der Waals surface area contributed by atoms with Gasteiger partial charge in [-0.05, 0) is 46.5 Å². The minimum atomic E-state index is 0.512. The number of aromatic nitrogens is 2. The van der Waals surface area contributed by atoms with E-state index in [1.165, 1.54) is 12.8 Å². The van der Waals surface area contributed by atoms with Crippen LogP contribution in [0.2, 0.25) is 0 Å². The third kappa shape index (κ3) is 2.87. The van der Waals surface area contributed by atoms with Crippen molar-refractivity contribution in [2.45, 2.75) is 46.6 Å². The molecule has 2 N–H and O–H groups in total. The van der Waals surface area contributed by atoms with Crippen LogP contribution in [0.3, 0.4) is 0 Å². The molecular weight excluding hydrogens is 212 g/mol. The van der Waals surface area contributed by atoms with E-state index in [-0.39, 0.29) is 0 Å². The zero-order chi connectivity index (χ0) is 12.4. The lowest BCUT2D eigenvalue weighted by Gasteiger charge is -2.17. The van der Waals surface area contributed by atoms with Crippen molar-refractivity contribution in [3.8, 4) is 0 Å². The Morgan fingerprint density at radius 3 is 2.47 bits per heavy atom. The smallest absolute Gasteiger partial charge is 0.134 e. The summed E-state index contributed by atoms with van der Waals surface area (Å²) >= 11 is 0. The standard InChI is InChI=1S/C13H22N4/c1-5-14-12-8(2)13(17-10(4)16-12)15-9(3)11-6-7-11/h9,11H,5-7H2,1-4H3,(H2,14,15,16,17). The molecule has 0 aromatic carbocycles. The molecule has 0 spiro atoms. The molecule has 1 atom stereocenters. The molecule has 1 aromatic rings. The molecule has 4 nitrogen and oxygen atoms in total. The van der Waals surface area contributed by atoms with E-state index in [1.807, 2.05) is 6.92 Å². The van der Waals surface area contributed by atoms with Gasteiger partial charge in [0.15, 0.2) is 0 Å². The third-order valence-corrected chi connectivity index (χ3v) is 3.30. The van der Waals surface area contributed by atoms with Crippen molar-refractivity contribution in [1.82, 2.24) is 9.97 Å². The molecule has 1 unspecified atom stereocenters. The van der Waals surface area contributed by atoms with Gasteiger partial charge in [0.05, 0.1) is 0 Å². The van der Waals surface area contributed by atoms with Crippen molar-refractivity contribution in [3.05, 3.63) is 11.4 Å². The van der Waals surface area contributed by atoms with Crippen molar-refractivity contribution in [1.29, 1.82) is 0 Å². The molecule has 2 rings (SSSR count). The first kappa shape index (κ1) is 12.1. The highest BCUT2D eigenvalue weighted by atomic mass is 15.1. The Morgan fingerprint density at radius 1 is 1.24 bits per heavy atom. The Kier molecular flexibility index (Phi) is 3.50. The van der Waals surface area contributed by atoms with Gasteiger partial charge < -0.3 is 10.6 Å². The summed E-state index contributed by atoms with van der Waals surface area (Å²) in [4.78, 5) is 8.93. The summed E-state index contributed by atoms with van der Waals surface area (Å²) in [6.45, 7) is 9.21. The maximum absolute atomic E-state index is 4.50. The van der Waals surface area contributed by atoms with Gasteiger partial charge in [-0.25, -0.2) is 9.97 Å². The number of aryl methyl sites for hydroxylation is 1. The van der Waals surface area contributed by atoms with Gasteiger partial charge in [0.1, 0.15) is 17.5 Å². The van der Waals surface area contributed by atoms with Gasteiger partial charge in [0, 0.05) is 18.2 Å². The number of nitrogens with one attached hydrogen (secondary N) is 2. The fraction of sp³-hybridized carbons (Fsp3) is 0.692. The number of hydrogen-bond donors (Lipinski definition) is 2. The highest BCUT2D eigenvalue weighted by molar-refractivity contribution is 5.57. The van der Waals surface area contributed by atoms with Gasteiger partial charge >= 0.3 is 0 Å². The topological polar surface area (TPSA) is 49.8 Å². The highest BCUT2D eigenvalue weighted by Crippen LogP contribution is 2.34. The SMILES string of the molecule is CCNc1nc(C)nc(NC(C)C2CC2)c1C. The minimum Gasteiger partial charge on any atom is -0.370 e. The molecule has 1 heterocycles. The molecule has 0 amide bonds. The highest BCUT2D eigenvalue weighted by Gasteiger charge is 2.28. The molecule has 1 fully saturated rings. The third-order valence-electron chi connectivity index (χ3n) is 3.30. The van der Waals surface area contributed by atoms with Crippen molar-refractivity contribution in [2.75, 3.05) is 17.2 Å². The van der Waals surface area contributed by atoms with Crippen LogP contribution in [0.15, 0.2) is 0 Å². The quantitative estimate of drug-likeness (QED) is 0.822. The van der Waals surface area contributed by atoms with Gasteiger partial charge in [-0.2, -0.15) is 0 Å². The van der Waals surface area contributed by atoms with Crippen LogP contribution in [0.25, 0.3) is 0 Å². The van der Waals surface area contributed by atoms with Crippen LogP contribution in [-0.2, 0) is 0 Å². The van der Waals surface area contributed by atoms with Crippen LogP contribution < -0.4 is 10.6 Å². The molecule has 4 heteroatoms. The van der Waals surface area contributed by atoms with E-state index in [0.717, 1.165) is 35.5 Å². The summed E-state index contributed by atoms with van der Waals surface area (Å²) in [5, 5.41) is 6.80. The lowest BCUT2D eigenvalue weighted by molar-refractivity contribution is 0.688. The van der Waals surface area contributed by atoms with Gasteiger partial charge in [-0.1, -0.05) is 0 Å². The largest absolute Gasteiger partial charge is 0.370 e. The summed E-state index contributed by atoms with van der Waals surface area (Å²) in [5.41, 5.74) is 1.12. The Labute approximate surface area is 103 Å². The first-order chi connectivity index (χ1) is 8.11. The van der Waals surface area contributed by atoms with Gasteiger partial charge in [0.2, 0.25) is 0 Å². The van der Waals surface area contributed by atoms with Gasteiger partial charge in [0.25, 0.3) is 0 Å². The number of hydrogen-bond acceptors (Lipinski definition) is 4. The minimum absolute atomic E-state index is 0.512. The van der Waals surface area contributed by atoms with Crippen molar-refractivity contribution in [3.63, 3.8) is 0 Å². The van der Waals surface area contributed by atoms with Crippen LogP contribution >= 0.6 is 0 Å². The first-order valence-electron chi connectivity index (χ1n) is 6.47. The fourth-order valence-electron chi connectivity index (χ4n) is 2.04. The molecule has 1 aromatic heterocycles. The predicted molar refractivity (Wildman–Crippen MR) is 71.5 cm³/mol. The predicted octanol–water partition coefficient (Wildman–Crippen LogP) is 2.74. The molecule has 1 aliphatic rings. The summed E-state index contributed by atoms with van der Waals surface area (Å²) in [5.74, 6) is 3.57. The van der Waals surface area contributed by atoms with Crippen molar-refractivity contribution in [2.24, 2.45) is 5.92 Å². The zero-order valence-corrected chi connectivity index (χ0v) is 11.2. The fourth-order valence-corrected chi connectivity index (χ4v) is 2.04. The van der Waals surface area contributed by atoms with E-state index < -0.39 is 0 Å². The van der Waals surface area contributed by atoms with Crippen LogP contribution in [0.1, 0.15) is 38.1 Å². The normalized spacial score (nSPS) is 16.7.